The average Bonchev–Trinajstić information content (AvgIpc) is 3.57. The number of carbonyl (C=O) groups excluding carboxylic acids is 1. The van der Waals surface area contributed by atoms with E-state index in [2.05, 4.69) is 5.10 Å². The van der Waals surface area contributed by atoms with Crippen molar-refractivity contribution < 1.29 is 45.8 Å². The summed E-state index contributed by atoms with van der Waals surface area (Å²) in [5, 5.41) is 13.3. The Morgan fingerprint density at radius 2 is 1.67 bits per heavy atom. The Morgan fingerprint density at radius 1 is 1.04 bits per heavy atom. The largest absolute Gasteiger partial charge is 0.481 e. The van der Waals surface area contributed by atoms with E-state index in [9.17, 15) is 41.0 Å². The number of alkyl halides is 6. The molecule has 0 spiro atoms. The molecule has 2 aliphatic rings. The first-order valence-electron chi connectivity index (χ1n) is 15.6. The Morgan fingerprint density at radius 3 is 2.21 bits per heavy atom. The molecule has 260 valence electrons. The highest BCUT2D eigenvalue weighted by atomic mass is 19.4. The summed E-state index contributed by atoms with van der Waals surface area (Å²) in [6.45, 7) is 4.36. The van der Waals surface area contributed by atoms with Crippen LogP contribution in [-0.2, 0) is 35.5 Å². The Hall–Kier alpha value is -4.37. The van der Waals surface area contributed by atoms with Crippen LogP contribution in [0.5, 0.6) is 0 Å². The number of hydrogen-bond acceptors (Lipinski definition) is 7. The molecule has 1 amide bonds. The number of cyclic esters (lactones) is 1. The molecule has 2 aromatic heterocycles. The lowest BCUT2D eigenvalue weighted by Crippen LogP contribution is -2.36. The van der Waals surface area contributed by atoms with Gasteiger partial charge in [0.1, 0.15) is 17.5 Å². The number of nitrogens with zero attached hydrogens (tertiary/aromatic N) is 6. The summed E-state index contributed by atoms with van der Waals surface area (Å²) in [4.78, 5) is 37.2. The summed E-state index contributed by atoms with van der Waals surface area (Å²) in [5.41, 5.74) is -1.98. The maximum Gasteiger partial charge on any atom is 0.416 e. The molecule has 3 aromatic rings. The number of amides is 1. The topological polar surface area (TPSA) is 114 Å². The molecular formula is C32H36F6N6O4. The highest BCUT2D eigenvalue weighted by molar-refractivity contribution is 5.71. The quantitative estimate of drug-likeness (QED) is 0.225. The molecule has 1 aromatic carbocycles. The molecule has 16 heteroatoms. The van der Waals surface area contributed by atoms with Crippen LogP contribution in [0, 0.1) is 11.8 Å². The first-order chi connectivity index (χ1) is 22.5. The van der Waals surface area contributed by atoms with Crippen molar-refractivity contribution in [3.05, 3.63) is 59.0 Å². The summed E-state index contributed by atoms with van der Waals surface area (Å²) in [6.07, 6.45) is -5.91. The maximum absolute atomic E-state index is 13.6. The maximum atomic E-state index is 13.6. The Bertz CT molecular complexity index is 1600. The Kier molecular flexibility index (Phi) is 9.92. The van der Waals surface area contributed by atoms with Gasteiger partial charge in [-0.1, -0.05) is 0 Å². The number of aromatic nitrogens is 4. The first kappa shape index (κ1) is 35.0. The number of carboxylic acids is 1. The molecule has 1 aliphatic heterocycles. The number of rotatable bonds is 10. The lowest BCUT2D eigenvalue weighted by molar-refractivity contribution is -0.143. The molecule has 48 heavy (non-hydrogen) atoms. The number of aliphatic carboxylic acids is 1. The number of hydrogen-bond donors (Lipinski definition) is 1. The molecule has 10 nitrogen and oxygen atoms in total. The van der Waals surface area contributed by atoms with E-state index in [1.165, 1.54) is 11.8 Å². The van der Waals surface area contributed by atoms with Crippen LogP contribution < -0.4 is 4.90 Å². The third-order valence-corrected chi connectivity index (χ3v) is 9.15. The Labute approximate surface area is 272 Å². The normalized spacial score (nSPS) is 21.8. The number of ether oxygens (including phenoxy) is 1. The van der Waals surface area contributed by atoms with Gasteiger partial charge in [-0.2, -0.15) is 31.4 Å². The highest BCUT2D eigenvalue weighted by Crippen LogP contribution is 2.41. The molecule has 0 bridgehead atoms. The van der Waals surface area contributed by atoms with Crippen LogP contribution in [-0.4, -0.2) is 60.9 Å². The average molecular weight is 683 g/mol. The number of anilines is 1. The summed E-state index contributed by atoms with van der Waals surface area (Å²) in [7, 11) is 1.72. The zero-order valence-corrected chi connectivity index (χ0v) is 26.6. The number of aryl methyl sites for hydroxylation is 1. The van der Waals surface area contributed by atoms with Crippen LogP contribution >= 0.6 is 0 Å². The van der Waals surface area contributed by atoms with Crippen molar-refractivity contribution in [3.63, 3.8) is 0 Å². The van der Waals surface area contributed by atoms with Gasteiger partial charge < -0.3 is 14.7 Å². The molecule has 1 saturated carbocycles. The predicted octanol–water partition coefficient (Wildman–Crippen LogP) is 7.10. The second kappa shape index (κ2) is 13.6. The molecule has 1 N–H and O–H groups in total. The van der Waals surface area contributed by atoms with Crippen molar-refractivity contribution >= 4 is 17.9 Å². The van der Waals surface area contributed by atoms with Gasteiger partial charge >= 0.3 is 24.4 Å². The molecule has 1 saturated heterocycles. The van der Waals surface area contributed by atoms with E-state index in [0.717, 1.165) is 25.7 Å². The van der Waals surface area contributed by atoms with Crippen LogP contribution in [0.25, 0.3) is 11.4 Å². The minimum absolute atomic E-state index is 0.0342. The van der Waals surface area contributed by atoms with Gasteiger partial charge in [0.2, 0.25) is 0 Å². The number of carboxylic acid groups (broad SMARTS) is 1. The van der Waals surface area contributed by atoms with Gasteiger partial charge in [0, 0.05) is 32.8 Å². The van der Waals surface area contributed by atoms with Gasteiger partial charge in [0.05, 0.1) is 35.6 Å². The van der Waals surface area contributed by atoms with Gasteiger partial charge in [0.25, 0.3) is 0 Å². The zero-order valence-electron chi connectivity index (χ0n) is 26.6. The smallest absolute Gasteiger partial charge is 0.416 e. The highest BCUT2D eigenvalue weighted by Gasteiger charge is 2.44. The molecule has 0 radical (unpaired) electrons. The molecule has 2 atom stereocenters. The third kappa shape index (κ3) is 7.67. The summed E-state index contributed by atoms with van der Waals surface area (Å²) in [6, 6.07) is 1.95. The molecule has 5 rings (SSSR count). The lowest BCUT2D eigenvalue weighted by Gasteiger charge is -2.33. The summed E-state index contributed by atoms with van der Waals surface area (Å²) in [5.74, 6) is 0.0398. The van der Waals surface area contributed by atoms with Gasteiger partial charge in [-0.25, -0.2) is 14.8 Å². The van der Waals surface area contributed by atoms with E-state index >= 15 is 0 Å². The van der Waals surface area contributed by atoms with Crippen LogP contribution in [0.2, 0.25) is 0 Å². The van der Waals surface area contributed by atoms with Crippen molar-refractivity contribution in [2.45, 2.75) is 77.0 Å². The number of halogens is 6. The van der Waals surface area contributed by atoms with Gasteiger partial charge in [0.15, 0.2) is 5.82 Å². The SMILES string of the molecule is CCN(CC1CCC(CC(=O)O)CC1)c1ncc(-c2ccnn2C)nc1CN1C(=O)O[C@H](c2cc(C(F)(F)F)cc(C(F)(F)F)c2)[C@@H]1C. The third-order valence-electron chi connectivity index (χ3n) is 9.15. The minimum Gasteiger partial charge on any atom is -0.481 e. The standard InChI is InChI=1S/C32H36F6N6O4/c1-4-43(16-20-7-5-19(6-8-20)11-27(45)46)29-25(41-24(15-39-29)26-9-10-40-42(26)3)17-44-18(2)28(48-30(44)47)21-12-22(31(33,34)35)14-23(13-21)32(36,37)38/h9-10,12-15,18-20,28H,4-8,11,16-17H2,1-3H3,(H,45,46)/t18-,19?,20?,28-/m0/s1. The predicted molar refractivity (Wildman–Crippen MR) is 160 cm³/mol. The van der Waals surface area contributed by atoms with E-state index < -0.39 is 53.3 Å². The molecule has 0 unspecified atom stereocenters. The van der Waals surface area contributed by atoms with Crippen LogP contribution in [0.1, 0.15) is 74.4 Å². The van der Waals surface area contributed by atoms with Gasteiger partial charge in [-0.15, -0.1) is 0 Å². The fourth-order valence-corrected chi connectivity index (χ4v) is 6.55. The Balaban J connectivity index is 1.45. The lowest BCUT2D eigenvalue weighted by atomic mass is 9.80. The van der Waals surface area contributed by atoms with Crippen molar-refractivity contribution in [3.8, 4) is 11.4 Å². The molecular weight excluding hydrogens is 646 g/mol. The molecule has 1 aliphatic carbocycles. The van der Waals surface area contributed by atoms with Crippen molar-refractivity contribution in [2.24, 2.45) is 18.9 Å². The second-order valence-corrected chi connectivity index (χ2v) is 12.4. The first-order valence-corrected chi connectivity index (χ1v) is 15.6. The van der Waals surface area contributed by atoms with Crippen molar-refractivity contribution in [2.75, 3.05) is 18.0 Å². The van der Waals surface area contributed by atoms with Crippen molar-refractivity contribution in [1.82, 2.24) is 24.6 Å². The van der Waals surface area contributed by atoms with Gasteiger partial charge in [-0.3, -0.25) is 14.4 Å². The fourth-order valence-electron chi connectivity index (χ4n) is 6.55. The van der Waals surface area contributed by atoms with Crippen molar-refractivity contribution in [1.29, 1.82) is 0 Å². The van der Waals surface area contributed by atoms with E-state index in [1.807, 2.05) is 11.8 Å². The van der Waals surface area contributed by atoms with E-state index in [1.54, 1.807) is 30.2 Å². The van der Waals surface area contributed by atoms with E-state index in [-0.39, 0.29) is 30.9 Å². The summed E-state index contributed by atoms with van der Waals surface area (Å²) < 4.78 is 88.6. The fraction of sp³-hybridized carbons (Fsp3) is 0.531. The minimum atomic E-state index is -5.06. The van der Waals surface area contributed by atoms with E-state index in [4.69, 9.17) is 14.7 Å². The number of carbonyl (C=O) groups is 2. The van der Waals surface area contributed by atoms with Gasteiger partial charge in [-0.05, 0) is 81.2 Å². The molecule has 2 fully saturated rings. The van der Waals surface area contributed by atoms with E-state index in [0.29, 0.717) is 48.1 Å². The number of benzene rings is 1. The van der Waals surface area contributed by atoms with Crippen LogP contribution in [0.4, 0.5) is 37.0 Å². The van der Waals surface area contributed by atoms with Crippen LogP contribution in [0.3, 0.4) is 0 Å². The monoisotopic (exact) mass is 682 g/mol. The van der Waals surface area contributed by atoms with Crippen LogP contribution in [0.15, 0.2) is 36.7 Å². The second-order valence-electron chi connectivity index (χ2n) is 12.4. The zero-order chi connectivity index (χ0) is 35.0. The molecule has 3 heterocycles. The summed E-state index contributed by atoms with van der Waals surface area (Å²) >= 11 is 0.